The van der Waals surface area contributed by atoms with Crippen LogP contribution in [0.4, 0.5) is 8.78 Å². The zero-order valence-corrected chi connectivity index (χ0v) is 15.5. The number of sulfonamides is 1. The highest BCUT2D eigenvalue weighted by atomic mass is 32.2. The number of fused-ring (bicyclic) bond motifs is 1. The molecule has 11 heteroatoms. The highest BCUT2D eigenvalue weighted by Crippen LogP contribution is 2.23. The molecule has 0 unspecified atom stereocenters. The average molecular weight is 415 g/mol. The summed E-state index contributed by atoms with van der Waals surface area (Å²) < 4.78 is 58.5. The normalized spacial score (nSPS) is 12.0. The first-order chi connectivity index (χ1) is 12.9. The third-order valence-electron chi connectivity index (χ3n) is 3.61. The molecule has 0 saturated carbocycles. The predicted molar refractivity (Wildman–Crippen MR) is 94.9 cm³/mol. The first-order valence-electron chi connectivity index (χ1n) is 7.81. The number of aromatic nitrogens is 2. The second-order valence-electron chi connectivity index (χ2n) is 5.40. The van der Waals surface area contributed by atoms with E-state index in [-0.39, 0.29) is 28.5 Å². The Bertz CT molecular complexity index is 1030. The van der Waals surface area contributed by atoms with Gasteiger partial charge in [-0.1, -0.05) is 18.2 Å². The third kappa shape index (κ3) is 4.49. The summed E-state index contributed by atoms with van der Waals surface area (Å²) in [5.74, 6) is -0.810. The van der Waals surface area contributed by atoms with Gasteiger partial charge in [0.2, 0.25) is 10.0 Å². The number of nitrogens with one attached hydrogen (secondary N) is 1. The van der Waals surface area contributed by atoms with Crippen LogP contribution in [0.25, 0.3) is 11.0 Å². The predicted octanol–water partition coefficient (Wildman–Crippen LogP) is 2.90. The fraction of sp³-hybridized carbons (Fsp3) is 0.250. The van der Waals surface area contributed by atoms with Crippen molar-refractivity contribution in [2.24, 2.45) is 0 Å². The van der Waals surface area contributed by atoms with E-state index in [1.54, 1.807) is 29.6 Å². The molecule has 3 rings (SSSR count). The Balaban J connectivity index is 1.57. The lowest BCUT2D eigenvalue weighted by Gasteiger charge is -2.09. The number of para-hydroxylation sites is 2. The van der Waals surface area contributed by atoms with E-state index in [1.807, 2.05) is 0 Å². The summed E-state index contributed by atoms with van der Waals surface area (Å²) in [6.45, 7) is -3.43. The van der Waals surface area contributed by atoms with E-state index < -0.39 is 29.1 Å². The molecule has 0 aliphatic rings. The van der Waals surface area contributed by atoms with Gasteiger partial charge in [-0.15, -0.1) is 11.3 Å². The molecule has 0 fully saturated rings. The molecule has 0 amide bonds. The van der Waals surface area contributed by atoms with Gasteiger partial charge in [-0.25, -0.2) is 18.1 Å². The van der Waals surface area contributed by atoms with E-state index in [4.69, 9.17) is 4.74 Å². The number of halogens is 2. The number of carbonyl (C=O) groups is 1. The standard InChI is InChI=1S/C16H15F2N3O4S2/c17-16(18)21-12-5-2-1-4-11(12)20-13(21)10-25-14(22)7-8-19-27(23,24)15-6-3-9-26-15/h1-6,9,16,19H,7-8,10H2. The Labute approximate surface area is 157 Å². The molecule has 0 bridgehead atoms. The van der Waals surface area contributed by atoms with Gasteiger partial charge in [-0.05, 0) is 23.6 Å². The number of benzene rings is 1. The lowest BCUT2D eigenvalue weighted by molar-refractivity contribution is -0.145. The summed E-state index contributed by atoms with van der Waals surface area (Å²) in [7, 11) is -3.67. The minimum atomic E-state index is -3.67. The molecule has 144 valence electrons. The molecular formula is C16H15F2N3O4S2. The van der Waals surface area contributed by atoms with Crippen LogP contribution >= 0.6 is 11.3 Å². The van der Waals surface area contributed by atoms with E-state index in [2.05, 4.69) is 9.71 Å². The Kier molecular flexibility index (Phi) is 5.82. The molecule has 0 spiro atoms. The van der Waals surface area contributed by atoms with E-state index in [9.17, 15) is 22.0 Å². The smallest absolute Gasteiger partial charge is 0.320 e. The fourth-order valence-corrected chi connectivity index (χ4v) is 4.48. The lowest BCUT2D eigenvalue weighted by Crippen LogP contribution is -2.26. The summed E-state index contributed by atoms with van der Waals surface area (Å²) in [5, 5.41) is 1.62. The minimum absolute atomic E-state index is 0.0845. The van der Waals surface area contributed by atoms with Crippen LogP contribution in [0, 0.1) is 0 Å². The monoisotopic (exact) mass is 415 g/mol. The van der Waals surface area contributed by atoms with Crippen LogP contribution in [0.3, 0.4) is 0 Å². The number of hydrogen-bond donors (Lipinski definition) is 1. The van der Waals surface area contributed by atoms with Crippen LogP contribution in [0.5, 0.6) is 0 Å². The number of thiophene rings is 1. The van der Waals surface area contributed by atoms with Crippen molar-refractivity contribution in [3.8, 4) is 0 Å². The molecule has 0 aliphatic carbocycles. The van der Waals surface area contributed by atoms with Gasteiger partial charge in [-0.3, -0.25) is 9.36 Å². The van der Waals surface area contributed by atoms with E-state index >= 15 is 0 Å². The van der Waals surface area contributed by atoms with Crippen LogP contribution < -0.4 is 4.72 Å². The molecule has 27 heavy (non-hydrogen) atoms. The van der Waals surface area contributed by atoms with Gasteiger partial charge in [-0.2, -0.15) is 8.78 Å². The molecule has 1 aromatic carbocycles. The number of hydrogen-bond acceptors (Lipinski definition) is 6. The van der Waals surface area contributed by atoms with Crippen molar-refractivity contribution in [3.05, 3.63) is 47.6 Å². The number of ether oxygens (including phenoxy) is 1. The Morgan fingerprint density at radius 1 is 1.26 bits per heavy atom. The van der Waals surface area contributed by atoms with Crippen molar-refractivity contribution in [2.45, 2.75) is 23.8 Å². The average Bonchev–Trinajstić information content (AvgIpc) is 3.27. The topological polar surface area (TPSA) is 90.3 Å². The zero-order valence-electron chi connectivity index (χ0n) is 13.8. The highest BCUT2D eigenvalue weighted by molar-refractivity contribution is 7.91. The maximum absolute atomic E-state index is 13.3. The maximum atomic E-state index is 13.3. The summed E-state index contributed by atoms with van der Waals surface area (Å²) in [6.07, 6.45) is -0.237. The van der Waals surface area contributed by atoms with Crippen molar-refractivity contribution < 1.29 is 26.7 Å². The summed E-state index contributed by atoms with van der Waals surface area (Å²) in [4.78, 5) is 15.9. The first-order valence-corrected chi connectivity index (χ1v) is 10.2. The number of alkyl halides is 2. The Morgan fingerprint density at radius 2 is 2.04 bits per heavy atom. The van der Waals surface area contributed by atoms with Gasteiger partial charge < -0.3 is 4.74 Å². The van der Waals surface area contributed by atoms with Crippen molar-refractivity contribution in [1.29, 1.82) is 0 Å². The molecule has 7 nitrogen and oxygen atoms in total. The molecule has 0 atom stereocenters. The van der Waals surface area contributed by atoms with Crippen molar-refractivity contribution in [2.75, 3.05) is 6.54 Å². The number of imidazole rings is 1. The molecule has 2 aromatic heterocycles. The largest absolute Gasteiger partial charge is 0.457 e. The molecular weight excluding hydrogens is 400 g/mol. The zero-order chi connectivity index (χ0) is 19.4. The van der Waals surface area contributed by atoms with Crippen LogP contribution in [-0.4, -0.2) is 30.5 Å². The molecule has 0 aliphatic heterocycles. The van der Waals surface area contributed by atoms with E-state index in [0.717, 1.165) is 11.3 Å². The van der Waals surface area contributed by atoms with E-state index in [0.29, 0.717) is 10.1 Å². The lowest BCUT2D eigenvalue weighted by atomic mass is 10.3. The van der Waals surface area contributed by atoms with Crippen molar-refractivity contribution >= 4 is 38.4 Å². The molecule has 1 N–H and O–H groups in total. The number of carbonyl (C=O) groups excluding carboxylic acids is 1. The molecule has 0 radical (unpaired) electrons. The van der Waals surface area contributed by atoms with Crippen molar-refractivity contribution in [3.63, 3.8) is 0 Å². The van der Waals surface area contributed by atoms with Gasteiger partial charge in [0, 0.05) is 6.54 Å². The number of rotatable bonds is 8. The van der Waals surface area contributed by atoms with E-state index in [1.165, 1.54) is 12.1 Å². The van der Waals surface area contributed by atoms with Crippen LogP contribution in [0.15, 0.2) is 46.0 Å². The molecule has 3 aromatic rings. The van der Waals surface area contributed by atoms with Crippen molar-refractivity contribution in [1.82, 2.24) is 14.3 Å². The van der Waals surface area contributed by atoms with Gasteiger partial charge in [0.05, 0.1) is 17.5 Å². The fourth-order valence-electron chi connectivity index (χ4n) is 2.41. The second kappa shape index (κ2) is 8.11. The van der Waals surface area contributed by atoms with Gasteiger partial charge in [0.15, 0.2) is 5.82 Å². The first kappa shape index (κ1) is 19.4. The maximum Gasteiger partial charge on any atom is 0.320 e. The van der Waals surface area contributed by atoms with Crippen LogP contribution in [-0.2, 0) is 26.2 Å². The molecule has 2 heterocycles. The quantitative estimate of drug-likeness (QED) is 0.572. The summed E-state index contributed by atoms with van der Waals surface area (Å²) in [5.41, 5.74) is 0.606. The molecule has 0 saturated heterocycles. The minimum Gasteiger partial charge on any atom is -0.457 e. The van der Waals surface area contributed by atoms with Gasteiger partial charge in [0.1, 0.15) is 10.8 Å². The van der Waals surface area contributed by atoms with Gasteiger partial charge >= 0.3 is 12.5 Å². The number of esters is 1. The third-order valence-corrected chi connectivity index (χ3v) is 6.47. The highest BCUT2D eigenvalue weighted by Gasteiger charge is 2.19. The SMILES string of the molecule is O=C(CCNS(=O)(=O)c1cccs1)OCc1nc2ccccc2n1C(F)F. The van der Waals surface area contributed by atoms with Gasteiger partial charge in [0.25, 0.3) is 0 Å². The summed E-state index contributed by atoms with van der Waals surface area (Å²) in [6, 6.07) is 9.40. The Hall–Kier alpha value is -2.37. The van der Waals surface area contributed by atoms with Crippen LogP contribution in [0.1, 0.15) is 18.8 Å². The number of nitrogens with zero attached hydrogens (tertiary/aromatic N) is 2. The Morgan fingerprint density at radius 3 is 2.74 bits per heavy atom. The second-order valence-corrected chi connectivity index (χ2v) is 8.35. The summed E-state index contributed by atoms with van der Waals surface area (Å²) >= 11 is 1.05. The van der Waals surface area contributed by atoms with Crippen LogP contribution in [0.2, 0.25) is 0 Å².